The summed E-state index contributed by atoms with van der Waals surface area (Å²) in [4.78, 5) is 12.6. The summed E-state index contributed by atoms with van der Waals surface area (Å²) >= 11 is 0. The first-order valence-electron chi connectivity index (χ1n) is 10.1. The van der Waals surface area contributed by atoms with Gasteiger partial charge in [0.1, 0.15) is 18.1 Å². The van der Waals surface area contributed by atoms with Gasteiger partial charge < -0.3 is 14.6 Å². The quantitative estimate of drug-likeness (QED) is 0.606. The Hall–Kier alpha value is -3.08. The van der Waals surface area contributed by atoms with Crippen molar-refractivity contribution in [3.8, 4) is 5.75 Å². The maximum Gasteiger partial charge on any atom is 0.224 e. The summed E-state index contributed by atoms with van der Waals surface area (Å²) in [5.41, 5.74) is 3.97. The fraction of sp³-hybridized carbons (Fsp3) is 0.333. The van der Waals surface area contributed by atoms with Crippen molar-refractivity contribution >= 4 is 5.91 Å². The Morgan fingerprint density at radius 1 is 1.14 bits per heavy atom. The topological polar surface area (TPSA) is 64.4 Å². The lowest BCUT2D eigenvalue weighted by atomic mass is 10.0. The highest BCUT2D eigenvalue weighted by Gasteiger charge is 2.33. The molecule has 0 aliphatic heterocycles. The number of hydrogen-bond acceptors (Lipinski definition) is 4. The molecule has 1 atom stereocenters. The second-order valence-electron chi connectivity index (χ2n) is 7.71. The summed E-state index contributed by atoms with van der Waals surface area (Å²) in [5.74, 6) is 2.14. The van der Waals surface area contributed by atoms with Gasteiger partial charge in [-0.1, -0.05) is 47.6 Å². The molecular formula is C24H26N2O3. The molecule has 1 aliphatic carbocycles. The third-order valence-corrected chi connectivity index (χ3v) is 5.42. The van der Waals surface area contributed by atoms with Crippen molar-refractivity contribution in [3.05, 3.63) is 82.7 Å². The van der Waals surface area contributed by atoms with E-state index in [1.807, 2.05) is 56.3 Å². The predicted octanol–water partition coefficient (Wildman–Crippen LogP) is 4.68. The van der Waals surface area contributed by atoms with Crippen LogP contribution in [0.3, 0.4) is 0 Å². The van der Waals surface area contributed by atoms with Crippen LogP contribution in [0, 0.1) is 19.8 Å². The second kappa shape index (κ2) is 8.52. The van der Waals surface area contributed by atoms with Gasteiger partial charge in [-0.3, -0.25) is 4.79 Å². The number of ether oxygens (including phenoxy) is 1. The Labute approximate surface area is 171 Å². The van der Waals surface area contributed by atoms with Gasteiger partial charge in [-0.15, -0.1) is 0 Å². The highest BCUT2D eigenvalue weighted by Crippen LogP contribution is 2.40. The van der Waals surface area contributed by atoms with Crippen LogP contribution in [0.2, 0.25) is 0 Å². The lowest BCUT2D eigenvalue weighted by Gasteiger charge is -2.19. The monoisotopic (exact) mass is 390 g/mol. The van der Waals surface area contributed by atoms with Gasteiger partial charge in [0.2, 0.25) is 5.91 Å². The van der Waals surface area contributed by atoms with E-state index >= 15 is 0 Å². The maximum absolute atomic E-state index is 12.6. The van der Waals surface area contributed by atoms with Crippen LogP contribution in [0.4, 0.5) is 0 Å². The van der Waals surface area contributed by atoms with Gasteiger partial charge in [-0.2, -0.15) is 0 Å². The van der Waals surface area contributed by atoms with Gasteiger partial charge >= 0.3 is 0 Å². The molecule has 1 amide bonds. The third kappa shape index (κ3) is 4.86. The fourth-order valence-corrected chi connectivity index (χ4v) is 3.54. The van der Waals surface area contributed by atoms with Gasteiger partial charge in [-0.25, -0.2) is 0 Å². The molecule has 4 rings (SSSR count). The average Bonchev–Trinajstić information content (AvgIpc) is 3.52. The smallest absolute Gasteiger partial charge is 0.224 e. The number of nitrogens with zero attached hydrogens (tertiary/aromatic N) is 1. The lowest BCUT2D eigenvalue weighted by Crippen LogP contribution is -2.31. The molecule has 0 bridgehead atoms. The van der Waals surface area contributed by atoms with E-state index in [2.05, 4.69) is 22.6 Å². The van der Waals surface area contributed by atoms with Crippen LogP contribution in [0.15, 0.2) is 59.1 Å². The molecule has 1 saturated carbocycles. The summed E-state index contributed by atoms with van der Waals surface area (Å²) in [6.45, 7) is 4.20. The van der Waals surface area contributed by atoms with E-state index in [9.17, 15) is 4.79 Å². The number of hydrogen-bond donors (Lipinski definition) is 1. The zero-order valence-corrected chi connectivity index (χ0v) is 16.9. The standard InChI is InChI=1S/C24H26N2O3/c1-16-22(17(2)29-26-16)15-28-21-12-8-18(9-13-21)14-23(27)25-24(20-10-11-20)19-6-4-3-5-7-19/h3-9,12-13,20,24H,10-11,14-15H2,1-2H3,(H,25,27)/t24-/m0/s1. The number of amides is 1. The van der Waals surface area contributed by atoms with Crippen molar-refractivity contribution < 1.29 is 14.1 Å². The normalized spacial score (nSPS) is 14.4. The molecule has 0 unspecified atom stereocenters. The van der Waals surface area contributed by atoms with E-state index < -0.39 is 0 Å². The van der Waals surface area contributed by atoms with Crippen molar-refractivity contribution in [2.45, 2.75) is 45.8 Å². The van der Waals surface area contributed by atoms with Gasteiger partial charge in [0, 0.05) is 0 Å². The molecule has 1 aliphatic rings. The molecule has 5 heteroatoms. The molecule has 0 radical (unpaired) electrons. The van der Waals surface area contributed by atoms with Crippen LogP contribution < -0.4 is 10.1 Å². The third-order valence-electron chi connectivity index (χ3n) is 5.42. The summed E-state index contributed by atoms with van der Waals surface area (Å²) in [6, 6.07) is 18.0. The van der Waals surface area contributed by atoms with Crippen molar-refractivity contribution in [3.63, 3.8) is 0 Å². The Kier molecular flexibility index (Phi) is 5.65. The van der Waals surface area contributed by atoms with Gasteiger partial charge in [0.25, 0.3) is 0 Å². The number of aromatic nitrogens is 1. The number of nitrogens with one attached hydrogen (secondary N) is 1. The summed E-state index contributed by atoms with van der Waals surface area (Å²) in [5, 5.41) is 7.16. The molecule has 0 saturated heterocycles. The highest BCUT2D eigenvalue weighted by molar-refractivity contribution is 5.79. The number of aryl methyl sites for hydroxylation is 2. The van der Waals surface area contributed by atoms with Crippen LogP contribution in [0.25, 0.3) is 0 Å². The molecule has 150 valence electrons. The molecule has 1 N–H and O–H groups in total. The number of carbonyl (C=O) groups is 1. The molecule has 1 aromatic heterocycles. The summed E-state index contributed by atoms with van der Waals surface area (Å²) < 4.78 is 11.0. The van der Waals surface area contributed by atoms with E-state index in [1.165, 1.54) is 18.4 Å². The SMILES string of the molecule is Cc1noc(C)c1COc1ccc(CC(=O)N[C@@H](c2ccccc2)C2CC2)cc1. The first-order valence-corrected chi connectivity index (χ1v) is 10.1. The number of rotatable bonds is 8. The Bertz CT molecular complexity index is 940. The van der Waals surface area contributed by atoms with E-state index in [0.717, 1.165) is 28.3 Å². The van der Waals surface area contributed by atoms with Gasteiger partial charge in [0.05, 0.1) is 23.7 Å². The molecule has 2 aromatic carbocycles. The second-order valence-corrected chi connectivity index (χ2v) is 7.71. The van der Waals surface area contributed by atoms with Crippen molar-refractivity contribution in [1.29, 1.82) is 0 Å². The van der Waals surface area contributed by atoms with E-state index in [-0.39, 0.29) is 11.9 Å². The Morgan fingerprint density at radius 2 is 1.86 bits per heavy atom. The van der Waals surface area contributed by atoms with Crippen molar-refractivity contribution in [1.82, 2.24) is 10.5 Å². The predicted molar refractivity (Wildman–Crippen MR) is 111 cm³/mol. The molecule has 5 nitrogen and oxygen atoms in total. The molecule has 29 heavy (non-hydrogen) atoms. The molecule has 3 aromatic rings. The Balaban J connectivity index is 1.33. The minimum absolute atomic E-state index is 0.0511. The fourth-order valence-electron chi connectivity index (χ4n) is 3.54. The lowest BCUT2D eigenvalue weighted by molar-refractivity contribution is -0.121. The van der Waals surface area contributed by atoms with E-state index in [1.54, 1.807) is 0 Å². The summed E-state index contributed by atoms with van der Waals surface area (Å²) in [6.07, 6.45) is 2.72. The first-order chi connectivity index (χ1) is 14.1. The molecule has 0 spiro atoms. The minimum Gasteiger partial charge on any atom is -0.489 e. The van der Waals surface area contributed by atoms with Gasteiger partial charge in [0.15, 0.2) is 0 Å². The average molecular weight is 390 g/mol. The Morgan fingerprint density at radius 3 is 2.48 bits per heavy atom. The van der Waals surface area contributed by atoms with Gasteiger partial charge in [-0.05, 0) is 55.9 Å². The van der Waals surface area contributed by atoms with E-state index in [0.29, 0.717) is 18.9 Å². The zero-order valence-electron chi connectivity index (χ0n) is 16.9. The largest absolute Gasteiger partial charge is 0.489 e. The van der Waals surface area contributed by atoms with Crippen LogP contribution in [-0.4, -0.2) is 11.1 Å². The van der Waals surface area contributed by atoms with Crippen LogP contribution >= 0.6 is 0 Å². The number of benzene rings is 2. The first kappa shape index (κ1) is 19.2. The van der Waals surface area contributed by atoms with Crippen LogP contribution in [0.1, 0.15) is 47.0 Å². The van der Waals surface area contributed by atoms with Crippen molar-refractivity contribution in [2.24, 2.45) is 5.92 Å². The van der Waals surface area contributed by atoms with E-state index in [4.69, 9.17) is 9.26 Å². The zero-order chi connectivity index (χ0) is 20.2. The van der Waals surface area contributed by atoms with Crippen molar-refractivity contribution in [2.75, 3.05) is 0 Å². The molecular weight excluding hydrogens is 364 g/mol. The minimum atomic E-state index is 0.0511. The van der Waals surface area contributed by atoms with Crippen LogP contribution in [-0.2, 0) is 17.8 Å². The highest BCUT2D eigenvalue weighted by atomic mass is 16.5. The number of carbonyl (C=O) groups excluding carboxylic acids is 1. The maximum atomic E-state index is 12.6. The van der Waals surface area contributed by atoms with Crippen LogP contribution in [0.5, 0.6) is 5.75 Å². The summed E-state index contributed by atoms with van der Waals surface area (Å²) in [7, 11) is 0. The molecule has 1 fully saturated rings. The molecule has 1 heterocycles.